The average molecular weight is 183 g/mol. The van der Waals surface area contributed by atoms with Crippen LogP contribution < -0.4 is 11.1 Å². The third-order valence-corrected chi connectivity index (χ3v) is 1.52. The predicted octanol–water partition coefficient (Wildman–Crippen LogP) is 0.0616. The van der Waals surface area contributed by atoms with Crippen LogP contribution in [0.25, 0.3) is 0 Å². The molecule has 1 amide bonds. The summed E-state index contributed by atoms with van der Waals surface area (Å²) < 4.78 is 4.90. The van der Waals surface area contributed by atoms with E-state index in [0.29, 0.717) is 24.7 Å². The molecule has 0 saturated carbocycles. The predicted molar refractivity (Wildman–Crippen MR) is 47.2 cm³/mol. The van der Waals surface area contributed by atoms with Crippen LogP contribution >= 0.6 is 0 Å². The van der Waals surface area contributed by atoms with E-state index in [1.165, 1.54) is 6.26 Å². The van der Waals surface area contributed by atoms with Gasteiger partial charge in [-0.1, -0.05) is 0 Å². The maximum Gasteiger partial charge on any atom is 0.273 e. The molecule has 0 saturated heterocycles. The molecule has 0 radical (unpaired) electrons. The normalized spacial score (nSPS) is 10.0. The fraction of sp³-hybridized carbons (Fsp3) is 0.500. The molecule has 3 N–H and O–H groups in total. The highest BCUT2D eigenvalue weighted by molar-refractivity contribution is 5.91. The van der Waals surface area contributed by atoms with Gasteiger partial charge in [-0.2, -0.15) is 0 Å². The van der Waals surface area contributed by atoms with Crippen LogP contribution in [0.15, 0.2) is 10.7 Å². The summed E-state index contributed by atoms with van der Waals surface area (Å²) in [6.45, 7) is 2.83. The Hall–Kier alpha value is -1.36. The highest BCUT2D eigenvalue weighted by Gasteiger charge is 2.08. The molecule has 0 unspecified atom stereocenters. The summed E-state index contributed by atoms with van der Waals surface area (Å²) in [6.07, 6.45) is 2.11. The van der Waals surface area contributed by atoms with Crippen LogP contribution in [0, 0.1) is 6.92 Å². The molecule has 5 nitrogen and oxygen atoms in total. The summed E-state index contributed by atoms with van der Waals surface area (Å²) in [5, 5.41) is 2.67. The van der Waals surface area contributed by atoms with Gasteiger partial charge in [-0.05, 0) is 13.0 Å². The molecule has 0 aliphatic heterocycles. The third-order valence-electron chi connectivity index (χ3n) is 1.52. The van der Waals surface area contributed by atoms with Crippen molar-refractivity contribution in [2.45, 2.75) is 13.3 Å². The van der Waals surface area contributed by atoms with Crippen LogP contribution in [0.5, 0.6) is 0 Å². The summed E-state index contributed by atoms with van der Waals surface area (Å²) in [6, 6.07) is 0. The fourth-order valence-electron chi connectivity index (χ4n) is 0.862. The first-order valence-corrected chi connectivity index (χ1v) is 4.14. The zero-order chi connectivity index (χ0) is 9.68. The van der Waals surface area contributed by atoms with E-state index in [1.54, 1.807) is 6.92 Å². The summed E-state index contributed by atoms with van der Waals surface area (Å²) in [4.78, 5) is 15.1. The van der Waals surface area contributed by atoms with Gasteiger partial charge in [0.05, 0.1) is 0 Å². The Kier molecular flexibility index (Phi) is 3.45. The molecule has 0 fully saturated rings. The molecule has 1 aromatic heterocycles. The van der Waals surface area contributed by atoms with Gasteiger partial charge in [0.1, 0.15) is 6.26 Å². The van der Waals surface area contributed by atoms with E-state index in [4.69, 9.17) is 10.2 Å². The molecule has 72 valence electrons. The first kappa shape index (κ1) is 9.73. The molecule has 0 bridgehead atoms. The number of nitrogens with zero attached hydrogens (tertiary/aromatic N) is 1. The maximum atomic E-state index is 11.3. The van der Waals surface area contributed by atoms with E-state index in [-0.39, 0.29) is 5.91 Å². The lowest BCUT2D eigenvalue weighted by molar-refractivity contribution is 0.0948. The first-order chi connectivity index (χ1) is 6.24. The fourth-order valence-corrected chi connectivity index (χ4v) is 0.862. The minimum atomic E-state index is -0.217. The molecule has 1 rings (SSSR count). The molecular formula is C8H13N3O2. The second kappa shape index (κ2) is 4.61. The number of carbonyl (C=O) groups excluding carboxylic acids is 1. The van der Waals surface area contributed by atoms with Gasteiger partial charge in [-0.25, -0.2) is 4.98 Å². The van der Waals surface area contributed by atoms with Gasteiger partial charge < -0.3 is 15.5 Å². The summed E-state index contributed by atoms with van der Waals surface area (Å²) in [5.41, 5.74) is 5.59. The van der Waals surface area contributed by atoms with Crippen LogP contribution in [0.4, 0.5) is 0 Å². The van der Waals surface area contributed by atoms with Gasteiger partial charge in [0.2, 0.25) is 0 Å². The first-order valence-electron chi connectivity index (χ1n) is 4.14. The summed E-state index contributed by atoms with van der Waals surface area (Å²) >= 11 is 0. The average Bonchev–Trinajstić information content (AvgIpc) is 2.52. The summed E-state index contributed by atoms with van der Waals surface area (Å²) in [7, 11) is 0. The minimum Gasteiger partial charge on any atom is -0.448 e. The van der Waals surface area contributed by atoms with E-state index in [2.05, 4.69) is 10.3 Å². The number of nitrogens with one attached hydrogen (secondary N) is 1. The SMILES string of the molecule is Cc1nc(C(=O)NCCCN)co1. The Labute approximate surface area is 76.3 Å². The van der Waals surface area contributed by atoms with E-state index in [1.807, 2.05) is 0 Å². The van der Waals surface area contributed by atoms with Crippen molar-refractivity contribution in [2.75, 3.05) is 13.1 Å². The number of amides is 1. The second-order valence-electron chi connectivity index (χ2n) is 2.65. The van der Waals surface area contributed by atoms with Crippen molar-refractivity contribution in [3.8, 4) is 0 Å². The smallest absolute Gasteiger partial charge is 0.273 e. The van der Waals surface area contributed by atoms with Crippen LogP contribution in [0.1, 0.15) is 22.8 Å². The largest absolute Gasteiger partial charge is 0.448 e. The lowest BCUT2D eigenvalue weighted by Crippen LogP contribution is -2.26. The highest BCUT2D eigenvalue weighted by Crippen LogP contribution is 1.99. The van der Waals surface area contributed by atoms with Gasteiger partial charge in [0, 0.05) is 13.5 Å². The number of hydrogen-bond acceptors (Lipinski definition) is 4. The molecule has 1 heterocycles. The van der Waals surface area contributed by atoms with Crippen molar-refractivity contribution < 1.29 is 9.21 Å². The zero-order valence-electron chi connectivity index (χ0n) is 7.54. The van der Waals surface area contributed by atoms with E-state index in [9.17, 15) is 4.79 Å². The van der Waals surface area contributed by atoms with E-state index < -0.39 is 0 Å². The molecular weight excluding hydrogens is 170 g/mol. The Balaban J connectivity index is 2.40. The van der Waals surface area contributed by atoms with Crippen LogP contribution in [0.3, 0.4) is 0 Å². The molecule has 5 heteroatoms. The number of nitrogens with two attached hydrogens (primary N) is 1. The number of oxazole rings is 1. The summed E-state index contributed by atoms with van der Waals surface area (Å²) in [5.74, 6) is 0.272. The van der Waals surface area contributed by atoms with Crippen molar-refractivity contribution >= 4 is 5.91 Å². The van der Waals surface area contributed by atoms with Crippen molar-refractivity contribution in [3.05, 3.63) is 17.8 Å². The van der Waals surface area contributed by atoms with E-state index in [0.717, 1.165) is 6.42 Å². The Morgan fingerprint density at radius 1 is 1.77 bits per heavy atom. The Morgan fingerprint density at radius 2 is 2.54 bits per heavy atom. The number of hydrogen-bond donors (Lipinski definition) is 2. The molecule has 13 heavy (non-hydrogen) atoms. The number of carbonyl (C=O) groups is 1. The van der Waals surface area contributed by atoms with Crippen LogP contribution in [-0.2, 0) is 0 Å². The minimum absolute atomic E-state index is 0.217. The standard InChI is InChI=1S/C8H13N3O2/c1-6-11-7(5-13-6)8(12)10-4-2-3-9/h5H,2-4,9H2,1H3,(H,10,12). The van der Waals surface area contributed by atoms with Gasteiger partial charge >= 0.3 is 0 Å². The van der Waals surface area contributed by atoms with Gasteiger partial charge in [-0.15, -0.1) is 0 Å². The van der Waals surface area contributed by atoms with Crippen molar-refractivity contribution in [3.63, 3.8) is 0 Å². The highest BCUT2D eigenvalue weighted by atomic mass is 16.3. The molecule has 0 aromatic carbocycles. The van der Waals surface area contributed by atoms with Crippen LogP contribution in [0.2, 0.25) is 0 Å². The van der Waals surface area contributed by atoms with Gasteiger partial charge in [0.25, 0.3) is 5.91 Å². The lowest BCUT2D eigenvalue weighted by atomic mass is 10.4. The lowest BCUT2D eigenvalue weighted by Gasteiger charge is -1.99. The third kappa shape index (κ3) is 2.87. The number of rotatable bonds is 4. The van der Waals surface area contributed by atoms with Gasteiger partial charge in [-0.3, -0.25) is 4.79 Å². The molecule has 0 aliphatic carbocycles. The van der Waals surface area contributed by atoms with E-state index >= 15 is 0 Å². The molecule has 0 spiro atoms. The topological polar surface area (TPSA) is 81.2 Å². The number of aromatic nitrogens is 1. The van der Waals surface area contributed by atoms with Crippen LogP contribution in [-0.4, -0.2) is 24.0 Å². The second-order valence-corrected chi connectivity index (χ2v) is 2.65. The molecule has 0 aliphatic rings. The van der Waals surface area contributed by atoms with Crippen molar-refractivity contribution in [2.24, 2.45) is 5.73 Å². The zero-order valence-corrected chi connectivity index (χ0v) is 7.54. The Morgan fingerprint density at radius 3 is 3.08 bits per heavy atom. The maximum absolute atomic E-state index is 11.3. The molecule has 1 aromatic rings. The number of aryl methyl sites for hydroxylation is 1. The van der Waals surface area contributed by atoms with Gasteiger partial charge in [0.15, 0.2) is 11.6 Å². The van der Waals surface area contributed by atoms with Crippen molar-refractivity contribution in [1.29, 1.82) is 0 Å². The Bertz CT molecular complexity index is 283. The van der Waals surface area contributed by atoms with Crippen molar-refractivity contribution in [1.82, 2.24) is 10.3 Å². The quantitative estimate of drug-likeness (QED) is 0.647. The molecule has 0 atom stereocenters. The monoisotopic (exact) mass is 183 g/mol.